The van der Waals surface area contributed by atoms with Crippen LogP contribution in [0.4, 0.5) is 10.1 Å². The Morgan fingerprint density at radius 3 is 2.88 bits per heavy atom. The molecule has 1 aliphatic rings. The number of rotatable bonds is 4. The number of hydrogen-bond donors (Lipinski definition) is 2. The lowest BCUT2D eigenvalue weighted by Crippen LogP contribution is -2.25. The number of anilines is 1. The highest BCUT2D eigenvalue weighted by atomic mass is 19.1. The van der Waals surface area contributed by atoms with Gasteiger partial charge in [-0.15, -0.1) is 0 Å². The van der Waals surface area contributed by atoms with Gasteiger partial charge in [0, 0.05) is 13.0 Å². The molecular weight excluding hydrogens is 303 g/mol. The Bertz CT molecular complexity index is 770. The number of nitrogens with one attached hydrogen (secondary N) is 2. The van der Waals surface area contributed by atoms with E-state index in [9.17, 15) is 9.18 Å². The van der Waals surface area contributed by atoms with Gasteiger partial charge >= 0.3 is 0 Å². The number of fused-ring (bicyclic) bond motifs is 1. The molecule has 1 heterocycles. The van der Waals surface area contributed by atoms with Crippen molar-refractivity contribution in [2.45, 2.75) is 39.7 Å². The third kappa shape index (κ3) is 3.65. The summed E-state index contributed by atoms with van der Waals surface area (Å²) in [5.74, 6) is -0.434. The first-order chi connectivity index (χ1) is 11.5. The normalized spacial score (nSPS) is 13.5. The predicted octanol–water partition coefficient (Wildman–Crippen LogP) is 3.66. The molecule has 0 radical (unpaired) electrons. The van der Waals surface area contributed by atoms with Crippen molar-refractivity contribution in [3.63, 3.8) is 0 Å². The van der Waals surface area contributed by atoms with Crippen molar-refractivity contribution < 1.29 is 9.18 Å². The minimum absolute atomic E-state index is 0.150. The Morgan fingerprint density at radius 1 is 1.25 bits per heavy atom. The molecule has 0 spiro atoms. The fraction of sp³-hybridized carbons (Fsp3) is 0.350. The summed E-state index contributed by atoms with van der Waals surface area (Å²) in [4.78, 5) is 12.2. The summed E-state index contributed by atoms with van der Waals surface area (Å²) in [5.41, 5.74) is 5.56. The van der Waals surface area contributed by atoms with E-state index >= 15 is 0 Å². The van der Waals surface area contributed by atoms with Gasteiger partial charge in [-0.3, -0.25) is 4.79 Å². The maximum Gasteiger partial charge on any atom is 0.224 e. The predicted molar refractivity (Wildman–Crippen MR) is 94.7 cm³/mol. The van der Waals surface area contributed by atoms with Crippen LogP contribution in [0, 0.1) is 19.7 Å². The van der Waals surface area contributed by atoms with Gasteiger partial charge in [-0.1, -0.05) is 29.8 Å². The van der Waals surface area contributed by atoms with Crippen LogP contribution in [0.15, 0.2) is 30.3 Å². The van der Waals surface area contributed by atoms with Crippen LogP contribution in [-0.2, 0) is 24.2 Å². The van der Waals surface area contributed by atoms with Crippen molar-refractivity contribution in [2.24, 2.45) is 0 Å². The van der Waals surface area contributed by atoms with Crippen molar-refractivity contribution in [1.82, 2.24) is 5.32 Å². The van der Waals surface area contributed by atoms with Gasteiger partial charge in [0.1, 0.15) is 5.82 Å². The maximum atomic E-state index is 14.5. The molecular formula is C20H23FN2O. The van der Waals surface area contributed by atoms with Crippen LogP contribution in [0.2, 0.25) is 0 Å². The zero-order valence-corrected chi connectivity index (χ0v) is 14.2. The molecule has 1 amide bonds. The number of amides is 1. The standard InChI is InChI=1S/C20H23FN2O/c1-13-3-4-15(14(2)11-13)6-8-19(24)23-18-7-5-16-12-22-10-9-17(16)20(18)21/h3-5,7,11,22H,6,8-10,12H2,1-2H3,(H,23,24). The second-order valence-corrected chi connectivity index (χ2v) is 6.47. The Kier molecular flexibility index (Phi) is 4.95. The molecule has 0 aliphatic carbocycles. The van der Waals surface area contributed by atoms with E-state index in [1.54, 1.807) is 6.07 Å². The van der Waals surface area contributed by atoms with Gasteiger partial charge in [0.05, 0.1) is 5.69 Å². The minimum Gasteiger partial charge on any atom is -0.324 e. The molecule has 0 fully saturated rings. The van der Waals surface area contributed by atoms with Gasteiger partial charge in [0.15, 0.2) is 0 Å². The summed E-state index contributed by atoms with van der Waals surface area (Å²) >= 11 is 0. The van der Waals surface area contributed by atoms with Gasteiger partial charge in [0.2, 0.25) is 5.91 Å². The largest absolute Gasteiger partial charge is 0.324 e. The van der Waals surface area contributed by atoms with Crippen LogP contribution < -0.4 is 10.6 Å². The average Bonchev–Trinajstić information content (AvgIpc) is 2.57. The smallest absolute Gasteiger partial charge is 0.224 e. The van der Waals surface area contributed by atoms with E-state index in [0.29, 0.717) is 31.5 Å². The van der Waals surface area contributed by atoms with Gasteiger partial charge < -0.3 is 10.6 Å². The van der Waals surface area contributed by atoms with Gasteiger partial charge in [-0.2, -0.15) is 0 Å². The van der Waals surface area contributed by atoms with Crippen molar-refractivity contribution in [2.75, 3.05) is 11.9 Å². The Labute approximate surface area is 142 Å². The van der Waals surface area contributed by atoms with Crippen LogP contribution in [0.5, 0.6) is 0 Å². The number of carbonyl (C=O) groups is 1. The third-order valence-electron chi connectivity index (χ3n) is 4.60. The molecule has 2 aromatic carbocycles. The van der Waals surface area contributed by atoms with Gasteiger partial charge in [-0.25, -0.2) is 4.39 Å². The Hall–Kier alpha value is -2.20. The first-order valence-corrected chi connectivity index (χ1v) is 8.41. The summed E-state index contributed by atoms with van der Waals surface area (Å²) < 4.78 is 14.5. The van der Waals surface area contributed by atoms with Crippen molar-refractivity contribution in [3.05, 3.63) is 64.0 Å². The second-order valence-electron chi connectivity index (χ2n) is 6.47. The molecule has 3 rings (SSSR count). The molecule has 4 heteroatoms. The Morgan fingerprint density at radius 2 is 2.08 bits per heavy atom. The quantitative estimate of drug-likeness (QED) is 0.900. The van der Waals surface area contributed by atoms with E-state index in [1.165, 1.54) is 11.1 Å². The summed E-state index contributed by atoms with van der Waals surface area (Å²) in [6.07, 6.45) is 1.67. The number of aryl methyl sites for hydroxylation is 3. The number of halogens is 1. The van der Waals surface area contributed by atoms with E-state index in [1.807, 2.05) is 6.07 Å². The molecule has 0 saturated heterocycles. The number of hydrogen-bond acceptors (Lipinski definition) is 2. The highest BCUT2D eigenvalue weighted by Crippen LogP contribution is 2.24. The highest BCUT2D eigenvalue weighted by molar-refractivity contribution is 5.91. The van der Waals surface area contributed by atoms with Crippen LogP contribution in [-0.4, -0.2) is 12.5 Å². The number of carbonyl (C=O) groups excluding carboxylic acids is 1. The van der Waals surface area contributed by atoms with E-state index in [0.717, 1.165) is 23.2 Å². The second kappa shape index (κ2) is 7.14. The highest BCUT2D eigenvalue weighted by Gasteiger charge is 2.17. The molecule has 0 atom stereocenters. The fourth-order valence-electron chi connectivity index (χ4n) is 3.22. The molecule has 0 aromatic heterocycles. The summed E-state index contributed by atoms with van der Waals surface area (Å²) in [5, 5.41) is 5.95. The van der Waals surface area contributed by atoms with Crippen molar-refractivity contribution >= 4 is 11.6 Å². The van der Waals surface area contributed by atoms with Gasteiger partial charge in [0.25, 0.3) is 0 Å². The molecule has 0 bridgehead atoms. The summed E-state index contributed by atoms with van der Waals surface area (Å²) in [6, 6.07) is 9.78. The third-order valence-corrected chi connectivity index (χ3v) is 4.60. The molecule has 0 saturated carbocycles. The first-order valence-electron chi connectivity index (χ1n) is 8.41. The minimum atomic E-state index is -0.283. The van der Waals surface area contributed by atoms with Crippen LogP contribution in [0.25, 0.3) is 0 Å². The van der Waals surface area contributed by atoms with E-state index in [2.05, 4.69) is 42.7 Å². The molecule has 24 heavy (non-hydrogen) atoms. The van der Waals surface area contributed by atoms with E-state index in [-0.39, 0.29) is 11.7 Å². The van der Waals surface area contributed by atoms with E-state index < -0.39 is 0 Å². The van der Waals surface area contributed by atoms with Crippen LogP contribution >= 0.6 is 0 Å². The fourth-order valence-corrected chi connectivity index (χ4v) is 3.22. The first kappa shape index (κ1) is 16.7. The summed E-state index contributed by atoms with van der Waals surface area (Å²) in [7, 11) is 0. The lowest BCUT2D eigenvalue weighted by molar-refractivity contribution is -0.116. The summed E-state index contributed by atoms with van der Waals surface area (Å²) in [6.45, 7) is 5.57. The number of benzene rings is 2. The molecule has 126 valence electrons. The molecule has 2 N–H and O–H groups in total. The van der Waals surface area contributed by atoms with Crippen LogP contribution in [0.1, 0.15) is 34.2 Å². The Balaban J connectivity index is 1.65. The lowest BCUT2D eigenvalue weighted by Gasteiger charge is -2.19. The van der Waals surface area contributed by atoms with E-state index in [4.69, 9.17) is 0 Å². The van der Waals surface area contributed by atoms with Crippen molar-refractivity contribution in [1.29, 1.82) is 0 Å². The lowest BCUT2D eigenvalue weighted by atomic mass is 9.99. The molecule has 0 unspecified atom stereocenters. The molecule has 3 nitrogen and oxygen atoms in total. The van der Waals surface area contributed by atoms with Crippen molar-refractivity contribution in [3.8, 4) is 0 Å². The van der Waals surface area contributed by atoms with Gasteiger partial charge in [-0.05, 0) is 61.6 Å². The zero-order valence-electron chi connectivity index (χ0n) is 14.2. The zero-order chi connectivity index (χ0) is 17.1. The SMILES string of the molecule is Cc1ccc(CCC(=O)Nc2ccc3c(c2F)CCNC3)c(C)c1. The topological polar surface area (TPSA) is 41.1 Å². The monoisotopic (exact) mass is 326 g/mol. The molecule has 1 aliphatic heterocycles. The van der Waals surface area contributed by atoms with Crippen LogP contribution in [0.3, 0.4) is 0 Å². The average molecular weight is 326 g/mol. The maximum absolute atomic E-state index is 14.5. The molecule has 2 aromatic rings.